The smallest absolute Gasteiger partial charge is 0.405 e. The van der Waals surface area contributed by atoms with E-state index in [0.717, 1.165) is 11.3 Å². The molecule has 0 unspecified atom stereocenters. The number of para-hydroxylation sites is 1. The van der Waals surface area contributed by atoms with Crippen molar-refractivity contribution in [3.05, 3.63) is 59.2 Å². The molecule has 2 aromatic carbocycles. The molecule has 3 rings (SSSR count). The van der Waals surface area contributed by atoms with Crippen molar-refractivity contribution in [3.8, 4) is 5.75 Å². The maximum atomic E-state index is 12.5. The van der Waals surface area contributed by atoms with Crippen LogP contribution in [0.25, 0.3) is 0 Å². The number of carbonyl (C=O) groups is 2. The third-order valence-corrected chi connectivity index (χ3v) is 4.26. The Morgan fingerprint density at radius 3 is 2.63 bits per heavy atom. The second kappa shape index (κ2) is 7.30. The number of carbonyl (C=O) groups excluding carboxylic acids is 2. The Morgan fingerprint density at radius 1 is 1.19 bits per heavy atom. The highest BCUT2D eigenvalue weighted by Gasteiger charge is 2.32. The Bertz CT molecular complexity index is 881. The molecule has 1 aliphatic rings. The van der Waals surface area contributed by atoms with E-state index in [1.807, 2.05) is 0 Å². The lowest BCUT2D eigenvalue weighted by molar-refractivity contribution is -0.274. The van der Waals surface area contributed by atoms with Crippen molar-refractivity contribution in [1.29, 1.82) is 0 Å². The van der Waals surface area contributed by atoms with E-state index in [2.05, 4.69) is 10.1 Å². The molecule has 8 heteroatoms. The van der Waals surface area contributed by atoms with Gasteiger partial charge in [-0.05, 0) is 36.2 Å². The van der Waals surface area contributed by atoms with E-state index in [0.29, 0.717) is 18.5 Å². The highest BCUT2D eigenvalue weighted by molar-refractivity contribution is 5.97. The van der Waals surface area contributed by atoms with Gasteiger partial charge in [0.05, 0.1) is 0 Å². The van der Waals surface area contributed by atoms with Gasteiger partial charge in [0.15, 0.2) is 0 Å². The summed E-state index contributed by atoms with van der Waals surface area (Å²) in [6, 6.07) is 10.6. The average molecular weight is 378 g/mol. The molecular weight excluding hydrogens is 361 g/mol. The second-order valence-electron chi connectivity index (χ2n) is 6.10. The van der Waals surface area contributed by atoms with Gasteiger partial charge < -0.3 is 15.0 Å². The summed E-state index contributed by atoms with van der Waals surface area (Å²) in [6.07, 6.45) is -4.15. The number of halogens is 3. The highest BCUT2D eigenvalue weighted by Crippen LogP contribution is 2.29. The minimum atomic E-state index is -4.80. The van der Waals surface area contributed by atoms with Crippen LogP contribution in [0, 0.1) is 0 Å². The third kappa shape index (κ3) is 4.39. The molecule has 0 atom stereocenters. The molecule has 1 N–H and O–H groups in total. The summed E-state index contributed by atoms with van der Waals surface area (Å²) in [5.74, 6) is -0.829. The first-order valence-corrected chi connectivity index (χ1v) is 8.27. The van der Waals surface area contributed by atoms with Gasteiger partial charge in [-0.2, -0.15) is 0 Å². The number of rotatable bonds is 4. The van der Waals surface area contributed by atoms with E-state index < -0.39 is 12.3 Å². The van der Waals surface area contributed by atoms with Gasteiger partial charge in [-0.15, -0.1) is 13.2 Å². The van der Waals surface area contributed by atoms with E-state index in [1.54, 1.807) is 29.2 Å². The molecule has 1 aliphatic heterocycles. The molecule has 0 aliphatic carbocycles. The van der Waals surface area contributed by atoms with Crippen molar-refractivity contribution in [2.24, 2.45) is 0 Å². The SMILES string of the molecule is CC(=O)N1CCc2cc(C(=O)NCc3ccccc3OC(F)(F)F)ccc21. The second-order valence-corrected chi connectivity index (χ2v) is 6.10. The molecule has 2 aromatic rings. The molecule has 0 aromatic heterocycles. The molecule has 0 saturated heterocycles. The van der Waals surface area contributed by atoms with Gasteiger partial charge in [0, 0.05) is 36.8 Å². The Morgan fingerprint density at radius 2 is 1.93 bits per heavy atom. The number of nitrogens with zero attached hydrogens (tertiary/aromatic N) is 1. The van der Waals surface area contributed by atoms with Crippen LogP contribution < -0.4 is 15.0 Å². The molecule has 27 heavy (non-hydrogen) atoms. The molecular formula is C19H17F3N2O3. The number of ether oxygens (including phenoxy) is 1. The van der Waals surface area contributed by atoms with Gasteiger partial charge >= 0.3 is 6.36 Å². The van der Waals surface area contributed by atoms with Crippen LogP contribution in [-0.2, 0) is 17.8 Å². The van der Waals surface area contributed by atoms with Crippen LogP contribution in [-0.4, -0.2) is 24.7 Å². The van der Waals surface area contributed by atoms with E-state index >= 15 is 0 Å². The molecule has 0 spiro atoms. The fourth-order valence-electron chi connectivity index (χ4n) is 3.02. The third-order valence-electron chi connectivity index (χ3n) is 4.26. The summed E-state index contributed by atoms with van der Waals surface area (Å²) >= 11 is 0. The lowest BCUT2D eigenvalue weighted by Gasteiger charge is -2.15. The summed E-state index contributed by atoms with van der Waals surface area (Å²) < 4.78 is 41.4. The summed E-state index contributed by atoms with van der Waals surface area (Å²) in [5.41, 5.74) is 2.27. The molecule has 0 bridgehead atoms. The number of anilines is 1. The summed E-state index contributed by atoms with van der Waals surface area (Å²) in [4.78, 5) is 25.6. The van der Waals surface area contributed by atoms with Gasteiger partial charge in [0.25, 0.3) is 5.91 Å². The first-order chi connectivity index (χ1) is 12.7. The Balaban J connectivity index is 1.70. The number of amides is 2. The lowest BCUT2D eigenvalue weighted by atomic mass is 10.1. The van der Waals surface area contributed by atoms with Gasteiger partial charge in [0.2, 0.25) is 5.91 Å². The molecule has 2 amide bonds. The summed E-state index contributed by atoms with van der Waals surface area (Å²) in [6.45, 7) is 1.94. The normalized spacial score (nSPS) is 13.3. The molecule has 142 valence electrons. The van der Waals surface area contributed by atoms with Crippen molar-refractivity contribution >= 4 is 17.5 Å². The van der Waals surface area contributed by atoms with Gasteiger partial charge in [-0.25, -0.2) is 0 Å². The molecule has 1 heterocycles. The van der Waals surface area contributed by atoms with Gasteiger partial charge in [0.1, 0.15) is 5.75 Å². The van der Waals surface area contributed by atoms with E-state index in [-0.39, 0.29) is 23.8 Å². The van der Waals surface area contributed by atoms with Crippen molar-refractivity contribution in [1.82, 2.24) is 5.32 Å². The van der Waals surface area contributed by atoms with Gasteiger partial charge in [-0.3, -0.25) is 9.59 Å². The van der Waals surface area contributed by atoms with Crippen molar-refractivity contribution in [2.75, 3.05) is 11.4 Å². The number of hydrogen-bond donors (Lipinski definition) is 1. The quantitative estimate of drug-likeness (QED) is 0.887. The average Bonchev–Trinajstić information content (AvgIpc) is 3.02. The van der Waals surface area contributed by atoms with Crippen LogP contribution in [0.2, 0.25) is 0 Å². The molecule has 5 nitrogen and oxygen atoms in total. The van der Waals surface area contributed by atoms with Crippen molar-refractivity contribution in [3.63, 3.8) is 0 Å². The molecule has 0 radical (unpaired) electrons. The first kappa shape index (κ1) is 18.8. The minimum Gasteiger partial charge on any atom is -0.405 e. The summed E-state index contributed by atoms with van der Waals surface area (Å²) in [5, 5.41) is 2.60. The van der Waals surface area contributed by atoms with Gasteiger partial charge in [-0.1, -0.05) is 18.2 Å². The largest absolute Gasteiger partial charge is 0.573 e. The number of fused-ring (bicyclic) bond motifs is 1. The number of hydrogen-bond acceptors (Lipinski definition) is 3. The van der Waals surface area contributed by atoms with Crippen LogP contribution in [0.1, 0.15) is 28.4 Å². The topological polar surface area (TPSA) is 58.6 Å². The van der Waals surface area contributed by atoms with E-state index in [1.165, 1.54) is 25.1 Å². The zero-order chi connectivity index (χ0) is 19.6. The fraction of sp³-hybridized carbons (Fsp3) is 0.263. The number of nitrogens with one attached hydrogen (secondary N) is 1. The number of benzene rings is 2. The summed E-state index contributed by atoms with van der Waals surface area (Å²) in [7, 11) is 0. The Kier molecular flexibility index (Phi) is 5.07. The van der Waals surface area contributed by atoms with Crippen LogP contribution in [0.15, 0.2) is 42.5 Å². The van der Waals surface area contributed by atoms with Crippen LogP contribution in [0.3, 0.4) is 0 Å². The van der Waals surface area contributed by atoms with Crippen molar-refractivity contribution < 1.29 is 27.5 Å². The highest BCUT2D eigenvalue weighted by atomic mass is 19.4. The zero-order valence-corrected chi connectivity index (χ0v) is 14.5. The van der Waals surface area contributed by atoms with Crippen LogP contribution in [0.5, 0.6) is 5.75 Å². The van der Waals surface area contributed by atoms with Crippen LogP contribution >= 0.6 is 0 Å². The van der Waals surface area contributed by atoms with E-state index in [9.17, 15) is 22.8 Å². The monoisotopic (exact) mass is 378 g/mol. The zero-order valence-electron chi connectivity index (χ0n) is 14.5. The molecule has 0 saturated carbocycles. The lowest BCUT2D eigenvalue weighted by Crippen LogP contribution is -2.26. The minimum absolute atomic E-state index is 0.0628. The number of alkyl halides is 3. The first-order valence-electron chi connectivity index (χ1n) is 8.27. The fourth-order valence-corrected chi connectivity index (χ4v) is 3.02. The Labute approximate surface area is 153 Å². The maximum Gasteiger partial charge on any atom is 0.573 e. The standard InChI is InChI=1S/C19H17F3N2O3/c1-12(25)24-9-8-13-10-14(6-7-16(13)24)18(26)23-11-15-4-2-3-5-17(15)27-19(20,21)22/h2-7,10H,8-9,11H2,1H3,(H,23,26). The van der Waals surface area contributed by atoms with Crippen LogP contribution in [0.4, 0.5) is 18.9 Å². The predicted octanol–water partition coefficient (Wildman–Crippen LogP) is 3.42. The van der Waals surface area contributed by atoms with Crippen molar-refractivity contribution in [2.45, 2.75) is 26.3 Å². The van der Waals surface area contributed by atoms with E-state index in [4.69, 9.17) is 0 Å². The predicted molar refractivity (Wildman–Crippen MR) is 92.5 cm³/mol. The Hall–Kier alpha value is -3.03. The molecule has 0 fully saturated rings. The maximum absolute atomic E-state index is 12.5.